The molecule has 19 aromatic rings. The van der Waals surface area contributed by atoms with Gasteiger partial charge in [-0.05, 0) is 340 Å². The van der Waals surface area contributed by atoms with E-state index < -0.39 is 17.0 Å². The average Bonchev–Trinajstić information content (AvgIpc) is 1.50. The van der Waals surface area contributed by atoms with Crippen molar-refractivity contribution in [2.24, 2.45) is 5.10 Å². The third-order valence-electron chi connectivity index (χ3n) is 26.4. The van der Waals surface area contributed by atoms with Crippen molar-refractivity contribution in [2.45, 2.75) is 45.4 Å². The fourth-order valence-electron chi connectivity index (χ4n) is 19.5. The first-order valence-corrected chi connectivity index (χ1v) is 46.3. The lowest BCUT2D eigenvalue weighted by Gasteiger charge is -2.31. The van der Waals surface area contributed by atoms with Crippen LogP contribution in [0.3, 0.4) is 0 Å². The molecule has 1 spiro atoms. The van der Waals surface area contributed by atoms with E-state index in [1.165, 1.54) is 97.6 Å². The highest BCUT2D eigenvalue weighted by Crippen LogP contribution is 2.64. The number of aromatic hydroxyl groups is 11. The SMILES string of the molecule is Cc1ccc(C#Cc2ccc3c(c2)C(C)(C)c2cc(C#Cc4ccc(O)cc4)ccc2-3)cc1.Cc1ccc2c(c1)C1(c3cc(C)ccc3-2)c2cc(O)ccc2-c2ccc(O)cc21.O=C1c2cc(O)ccc2-c2ccc(O)cc21.O=C1c2ccccc2C(=O)c2c(O)ccc(O)c21.Oc1ccc(-c2n[nH]c(-c3ccc(O)cc3)n2)cc1.Oc1ccc2c(c1)C(=NN(c1ccccc1)c1ccccc1)c1cc(O)ccc1-2. The molecule has 0 unspecified atom stereocenters. The van der Waals surface area contributed by atoms with E-state index in [2.05, 4.69) is 171 Å². The number of hydrogen-bond acceptors (Lipinski definition) is 18. The van der Waals surface area contributed by atoms with Crippen LogP contribution in [0.1, 0.15) is 145 Å². The Morgan fingerprint density at radius 1 is 0.271 bits per heavy atom. The normalized spacial score (nSPS) is 12.5. The number of nitrogens with one attached hydrogen (secondary N) is 1. The Morgan fingerprint density at radius 2 is 0.583 bits per heavy atom. The Balaban J connectivity index is 0.000000107. The highest BCUT2D eigenvalue weighted by atomic mass is 16.3. The maximum atomic E-state index is 12.2. The predicted molar refractivity (Wildman–Crippen MR) is 559 cm³/mol. The van der Waals surface area contributed by atoms with Crippen LogP contribution in [0, 0.1) is 44.5 Å². The van der Waals surface area contributed by atoms with E-state index in [9.17, 15) is 70.6 Å². The fourth-order valence-corrected chi connectivity index (χ4v) is 19.5. The number of aromatic amines is 1. The number of aromatic nitrogens is 3. The molecule has 6 aliphatic carbocycles. The number of nitrogens with zero attached hydrogens (tertiary/aromatic N) is 4. The zero-order chi connectivity index (χ0) is 100. The van der Waals surface area contributed by atoms with Crippen LogP contribution >= 0.6 is 0 Å². The number of para-hydroxylation sites is 2. The highest BCUT2D eigenvalue weighted by molar-refractivity contribution is 6.30. The summed E-state index contributed by atoms with van der Waals surface area (Å²) in [7, 11) is 0. The summed E-state index contributed by atoms with van der Waals surface area (Å²) in [6.07, 6.45) is 0. The highest BCUT2D eigenvalue weighted by Gasteiger charge is 2.52. The van der Waals surface area contributed by atoms with Crippen molar-refractivity contribution in [2.75, 3.05) is 5.01 Å². The van der Waals surface area contributed by atoms with Gasteiger partial charge < -0.3 is 56.2 Å². The Kier molecular flexibility index (Phi) is 24.2. The van der Waals surface area contributed by atoms with Gasteiger partial charge in [-0.3, -0.25) is 19.5 Å². The van der Waals surface area contributed by atoms with Crippen LogP contribution in [0.5, 0.6) is 63.2 Å². The molecule has 0 fully saturated rings. The van der Waals surface area contributed by atoms with E-state index in [0.29, 0.717) is 28.5 Å². The molecule has 698 valence electrons. The summed E-state index contributed by atoms with van der Waals surface area (Å²) < 4.78 is 0. The van der Waals surface area contributed by atoms with Crippen molar-refractivity contribution < 1.29 is 70.6 Å². The van der Waals surface area contributed by atoms with Gasteiger partial charge in [0.05, 0.1) is 33.6 Å². The Labute approximate surface area is 828 Å². The summed E-state index contributed by atoms with van der Waals surface area (Å²) in [6.45, 7) is 10.9. The van der Waals surface area contributed by atoms with Crippen molar-refractivity contribution in [1.29, 1.82) is 0 Å². The van der Waals surface area contributed by atoms with Gasteiger partial charge in [0.1, 0.15) is 63.2 Å². The van der Waals surface area contributed by atoms with E-state index in [0.717, 1.165) is 100 Å². The summed E-state index contributed by atoms with van der Waals surface area (Å²) in [6, 6.07) is 115. The van der Waals surface area contributed by atoms with Gasteiger partial charge in [0, 0.05) is 72.2 Å². The maximum absolute atomic E-state index is 12.2. The molecule has 0 amide bonds. The molecule has 25 rings (SSSR count). The summed E-state index contributed by atoms with van der Waals surface area (Å²) in [5.74, 6) is 14.3. The molecule has 1 aromatic heterocycles. The number of ketones is 3. The largest absolute Gasteiger partial charge is 0.508 e. The quantitative estimate of drug-likeness (QED) is 0.0433. The van der Waals surface area contributed by atoms with E-state index in [-0.39, 0.29) is 96.7 Å². The fraction of sp³-hybridized carbons (Fsp3) is 0.0560. The van der Waals surface area contributed by atoms with Crippen molar-refractivity contribution in [1.82, 2.24) is 15.2 Å². The minimum absolute atomic E-state index is 0.0733. The monoisotopic (exact) mass is 1880 g/mol. The number of H-pyrrole nitrogens is 1. The van der Waals surface area contributed by atoms with Gasteiger partial charge in [0.15, 0.2) is 29.0 Å². The number of carbonyl (C=O) groups excluding carboxylic acids is 3. The molecule has 0 atom stereocenters. The molecule has 12 N–H and O–H groups in total. The number of phenolic OH excluding ortho intramolecular Hbond substituents is 11. The van der Waals surface area contributed by atoms with Crippen LogP contribution in [0.25, 0.3) is 78.4 Å². The minimum atomic E-state index is -0.537. The molecule has 19 heteroatoms. The number of carbonyl (C=O) groups is 3. The average molecular weight is 1890 g/mol. The molecular formula is C125H89N5O14. The lowest BCUT2D eigenvalue weighted by Crippen LogP contribution is -2.26. The van der Waals surface area contributed by atoms with Gasteiger partial charge >= 0.3 is 0 Å². The lowest BCUT2D eigenvalue weighted by atomic mass is 9.70. The molecular weight excluding hydrogens is 1800 g/mol. The number of hydrazone groups is 1. The van der Waals surface area contributed by atoms with Crippen molar-refractivity contribution in [3.63, 3.8) is 0 Å². The second-order valence-corrected chi connectivity index (χ2v) is 36.2. The molecule has 0 saturated heterocycles. The first-order valence-electron chi connectivity index (χ1n) is 46.3. The van der Waals surface area contributed by atoms with Crippen LogP contribution in [0.15, 0.2) is 381 Å². The van der Waals surface area contributed by atoms with Gasteiger partial charge in [-0.25, -0.2) is 9.99 Å². The van der Waals surface area contributed by atoms with Gasteiger partial charge in [0.25, 0.3) is 0 Å². The first kappa shape index (κ1) is 92.2. The molecule has 0 radical (unpaired) electrons. The molecule has 0 aliphatic heterocycles. The van der Waals surface area contributed by atoms with Crippen LogP contribution in [-0.2, 0) is 10.8 Å². The second kappa shape index (κ2) is 37.8. The van der Waals surface area contributed by atoms with Crippen LogP contribution in [0.2, 0.25) is 0 Å². The third-order valence-corrected chi connectivity index (χ3v) is 26.4. The lowest BCUT2D eigenvalue weighted by molar-refractivity contribution is 0.0974. The van der Waals surface area contributed by atoms with Gasteiger partial charge in [-0.15, -0.1) is 0 Å². The van der Waals surface area contributed by atoms with E-state index >= 15 is 0 Å². The molecule has 0 saturated carbocycles. The van der Waals surface area contributed by atoms with Crippen LogP contribution in [0.4, 0.5) is 11.4 Å². The summed E-state index contributed by atoms with van der Waals surface area (Å²) >= 11 is 0. The predicted octanol–water partition coefficient (Wildman–Crippen LogP) is 25.3. The molecule has 6 aliphatic rings. The third kappa shape index (κ3) is 17.5. The summed E-state index contributed by atoms with van der Waals surface area (Å²) in [4.78, 5) is 40.8. The number of fused-ring (bicyclic) bond motifs is 21. The van der Waals surface area contributed by atoms with E-state index in [1.54, 1.807) is 133 Å². The molecule has 0 bridgehead atoms. The number of anilines is 2. The topological polar surface area (TPSA) is 331 Å². The second-order valence-electron chi connectivity index (χ2n) is 36.2. The van der Waals surface area contributed by atoms with Crippen molar-refractivity contribution in [3.05, 3.63) is 493 Å². The molecule has 18 aromatic carbocycles. The zero-order valence-corrected chi connectivity index (χ0v) is 78.2. The Morgan fingerprint density at radius 3 is 1.01 bits per heavy atom. The van der Waals surface area contributed by atoms with Gasteiger partial charge in [0.2, 0.25) is 0 Å². The van der Waals surface area contributed by atoms with Gasteiger partial charge in [-0.1, -0.05) is 200 Å². The number of phenols is 11. The van der Waals surface area contributed by atoms with Crippen LogP contribution in [-0.4, -0.2) is 94.4 Å². The summed E-state index contributed by atoms with van der Waals surface area (Å²) in [5.41, 5.74) is 31.9. The van der Waals surface area contributed by atoms with E-state index in [1.807, 2.05) is 114 Å². The van der Waals surface area contributed by atoms with E-state index in [4.69, 9.17) is 5.10 Å². The maximum Gasteiger partial charge on any atom is 0.198 e. The minimum Gasteiger partial charge on any atom is -0.508 e. The van der Waals surface area contributed by atoms with Crippen molar-refractivity contribution in [3.8, 4) is 165 Å². The van der Waals surface area contributed by atoms with Crippen molar-refractivity contribution >= 4 is 34.4 Å². The summed E-state index contributed by atoms with van der Waals surface area (Å²) in [5, 5.41) is 121. The zero-order valence-electron chi connectivity index (χ0n) is 78.2. The first-order chi connectivity index (χ1) is 69.6. The number of aryl methyl sites for hydroxylation is 3. The number of rotatable bonds is 5. The number of benzene rings is 18. The Bertz CT molecular complexity index is 7990. The van der Waals surface area contributed by atoms with Crippen LogP contribution < -0.4 is 5.01 Å². The molecule has 144 heavy (non-hydrogen) atoms. The Hall–Kier alpha value is -19.5. The molecule has 1 heterocycles. The smallest absolute Gasteiger partial charge is 0.198 e. The molecule has 19 nitrogen and oxygen atoms in total. The number of hydrogen-bond donors (Lipinski definition) is 12. The standard InChI is InChI=1S/C32H24O.C27H20O2.C25H18N2O2.C14H11N3O2.C14H8O4.C13H8O3/c1-22-4-6-23(7-5-22)8-10-25-14-18-28-29-19-15-26(11-9-24-12-16-27(33)17-13-24)21-31(29)32(2,3)30(28)20-25;1-15-3-7-19-20-8-4-16(2)12-24(20)27(23(19)11-15)25-13-17(28)5-9-21(25)22-10-6-18(29)14-26(22)27;28-19-11-13-21-22-14-12-20(29)16-24(22)25(23(21)15-19)26-27(17-7-3-1-4-8-17)18-9-5-2-6-10-18;18-11-5-1-9(2-6-11)13-15-14(17-16-13)10-3-7-12(19)8-4-10;15-9-5-6-10(16)12-11(9)13(17)7-3-1-2-4-8(7)14(12)18;14-7-1-3-9-10-4-2-8(15)6-12(10)13(16)11(9)5-7/h4-7,12-21,33H,1-3H3;3-14,28-29H,1-2H3;1-16,28-29H;1-8,18-19H,(H,15,16,17);1-6,15-16H;1-6,14-15H. The van der Waals surface area contributed by atoms with Gasteiger partial charge in [-0.2, -0.15) is 10.2 Å².